The van der Waals surface area contributed by atoms with E-state index in [4.69, 9.17) is 9.47 Å². The van der Waals surface area contributed by atoms with Crippen molar-refractivity contribution >= 4 is 22.8 Å². The summed E-state index contributed by atoms with van der Waals surface area (Å²) in [5.74, 6) is 0.983. The molecule has 25 heavy (non-hydrogen) atoms. The molecule has 3 heterocycles. The van der Waals surface area contributed by atoms with Crippen molar-refractivity contribution < 1.29 is 9.47 Å². The lowest BCUT2D eigenvalue weighted by molar-refractivity contribution is 0.0160. The fourth-order valence-electron chi connectivity index (χ4n) is 2.62. The fraction of sp³-hybridized carbons (Fsp3) is 0.471. The Morgan fingerprint density at radius 3 is 3.00 bits per heavy atom. The zero-order chi connectivity index (χ0) is 17.6. The van der Waals surface area contributed by atoms with Gasteiger partial charge >= 0.3 is 0 Å². The summed E-state index contributed by atoms with van der Waals surface area (Å²) in [5, 5.41) is 5.38. The van der Waals surface area contributed by atoms with Gasteiger partial charge in [-0.1, -0.05) is 0 Å². The fourth-order valence-corrected chi connectivity index (χ4v) is 2.90. The highest BCUT2D eigenvalue weighted by molar-refractivity contribution is 7.98. The van der Waals surface area contributed by atoms with Crippen molar-refractivity contribution in [1.29, 1.82) is 0 Å². The molecule has 0 bridgehead atoms. The van der Waals surface area contributed by atoms with Crippen LogP contribution in [0.2, 0.25) is 0 Å². The lowest BCUT2D eigenvalue weighted by Gasteiger charge is -2.11. The molecule has 1 atom stereocenters. The SMILES string of the molecule is CCOC(C)n1cc(-c2ncnc3c2ccn3COCCSC)cn1. The van der Waals surface area contributed by atoms with Crippen molar-refractivity contribution in [2.75, 3.05) is 25.2 Å². The summed E-state index contributed by atoms with van der Waals surface area (Å²) in [6, 6.07) is 2.02. The molecule has 0 aromatic carbocycles. The number of ether oxygens (including phenoxy) is 2. The molecule has 1 unspecified atom stereocenters. The molecular formula is C17H23N5O2S. The van der Waals surface area contributed by atoms with E-state index in [1.54, 1.807) is 22.8 Å². The Bertz CT molecular complexity index is 816. The number of rotatable bonds is 9. The Morgan fingerprint density at radius 1 is 1.32 bits per heavy atom. The van der Waals surface area contributed by atoms with Crippen LogP contribution >= 0.6 is 11.8 Å². The van der Waals surface area contributed by atoms with Crippen LogP contribution in [0.1, 0.15) is 20.1 Å². The monoisotopic (exact) mass is 361 g/mol. The van der Waals surface area contributed by atoms with Crippen LogP contribution in [-0.2, 0) is 16.2 Å². The van der Waals surface area contributed by atoms with Crippen molar-refractivity contribution in [3.8, 4) is 11.3 Å². The highest BCUT2D eigenvalue weighted by Gasteiger charge is 2.13. The van der Waals surface area contributed by atoms with Crippen molar-refractivity contribution in [1.82, 2.24) is 24.3 Å². The molecule has 3 aromatic heterocycles. The van der Waals surface area contributed by atoms with E-state index in [0.29, 0.717) is 13.3 Å². The zero-order valence-corrected chi connectivity index (χ0v) is 15.6. The van der Waals surface area contributed by atoms with Crippen LogP contribution in [0.15, 0.2) is 31.0 Å². The van der Waals surface area contributed by atoms with E-state index in [9.17, 15) is 0 Å². The normalized spacial score (nSPS) is 12.8. The maximum absolute atomic E-state index is 5.68. The molecule has 0 aliphatic carbocycles. The van der Waals surface area contributed by atoms with E-state index in [-0.39, 0.29) is 6.23 Å². The van der Waals surface area contributed by atoms with Crippen LogP contribution in [0.4, 0.5) is 0 Å². The second-order valence-corrected chi connectivity index (χ2v) is 6.52. The summed E-state index contributed by atoms with van der Waals surface area (Å²) in [6.07, 6.45) is 9.29. The predicted molar refractivity (Wildman–Crippen MR) is 99.4 cm³/mol. The molecule has 3 rings (SSSR count). The van der Waals surface area contributed by atoms with Gasteiger partial charge in [-0.2, -0.15) is 16.9 Å². The Balaban J connectivity index is 1.84. The molecule has 0 spiro atoms. The summed E-state index contributed by atoms with van der Waals surface area (Å²) in [5.41, 5.74) is 2.67. The molecule has 0 aliphatic rings. The second kappa shape index (κ2) is 8.46. The number of hydrogen-bond donors (Lipinski definition) is 0. The van der Waals surface area contributed by atoms with Gasteiger partial charge in [0.05, 0.1) is 18.5 Å². The number of hydrogen-bond acceptors (Lipinski definition) is 6. The quantitative estimate of drug-likeness (QED) is 0.545. The van der Waals surface area contributed by atoms with Crippen molar-refractivity contribution in [3.63, 3.8) is 0 Å². The van der Waals surface area contributed by atoms with Gasteiger partial charge in [0.1, 0.15) is 24.9 Å². The zero-order valence-electron chi connectivity index (χ0n) is 14.8. The minimum absolute atomic E-state index is 0.106. The van der Waals surface area contributed by atoms with Gasteiger partial charge in [-0.3, -0.25) is 0 Å². The molecule has 0 N–H and O–H groups in total. The lowest BCUT2D eigenvalue weighted by Crippen LogP contribution is -2.09. The van der Waals surface area contributed by atoms with Crippen LogP contribution in [0.3, 0.4) is 0 Å². The van der Waals surface area contributed by atoms with Crippen LogP contribution in [-0.4, -0.2) is 49.5 Å². The van der Waals surface area contributed by atoms with Gasteiger partial charge in [0.25, 0.3) is 0 Å². The molecule has 8 heteroatoms. The maximum atomic E-state index is 5.68. The first-order chi connectivity index (χ1) is 12.2. The molecule has 3 aromatic rings. The van der Waals surface area contributed by atoms with Gasteiger partial charge < -0.3 is 14.0 Å². The lowest BCUT2D eigenvalue weighted by atomic mass is 10.2. The van der Waals surface area contributed by atoms with E-state index in [2.05, 4.69) is 21.3 Å². The summed E-state index contributed by atoms with van der Waals surface area (Å²) in [4.78, 5) is 8.87. The Hall–Kier alpha value is -1.90. The summed E-state index contributed by atoms with van der Waals surface area (Å²) >= 11 is 1.77. The van der Waals surface area contributed by atoms with E-state index >= 15 is 0 Å². The maximum Gasteiger partial charge on any atom is 0.147 e. The number of thioether (sulfide) groups is 1. The molecule has 0 fully saturated rings. The first-order valence-corrected chi connectivity index (χ1v) is 9.66. The molecule has 0 aliphatic heterocycles. The molecular weight excluding hydrogens is 338 g/mol. The number of nitrogens with zero attached hydrogens (tertiary/aromatic N) is 5. The second-order valence-electron chi connectivity index (χ2n) is 5.54. The standard InChI is InChI=1S/C17H23N5O2S/c1-4-24-13(2)22-10-14(9-20-22)16-15-5-6-21(12-23-7-8-25-3)17(15)19-11-18-16/h5-6,9-11,13H,4,7-8,12H2,1-3H3. The highest BCUT2D eigenvalue weighted by Crippen LogP contribution is 2.26. The third-order valence-corrected chi connectivity index (χ3v) is 4.45. The van der Waals surface area contributed by atoms with Crippen molar-refractivity contribution in [3.05, 3.63) is 31.0 Å². The van der Waals surface area contributed by atoms with Gasteiger partial charge in [-0.25, -0.2) is 14.6 Å². The average molecular weight is 361 g/mol. The van der Waals surface area contributed by atoms with Crippen LogP contribution in [0.25, 0.3) is 22.3 Å². The van der Waals surface area contributed by atoms with Gasteiger partial charge in [0.2, 0.25) is 0 Å². The van der Waals surface area contributed by atoms with Crippen molar-refractivity contribution in [2.24, 2.45) is 0 Å². The minimum atomic E-state index is -0.106. The van der Waals surface area contributed by atoms with Gasteiger partial charge in [0, 0.05) is 35.7 Å². The van der Waals surface area contributed by atoms with E-state index in [1.807, 2.05) is 43.1 Å². The third-order valence-electron chi connectivity index (χ3n) is 3.87. The van der Waals surface area contributed by atoms with Crippen LogP contribution in [0, 0.1) is 0 Å². The molecule has 0 saturated carbocycles. The van der Waals surface area contributed by atoms with Gasteiger partial charge in [-0.15, -0.1) is 0 Å². The summed E-state index contributed by atoms with van der Waals surface area (Å²) in [7, 11) is 0. The van der Waals surface area contributed by atoms with Crippen LogP contribution in [0.5, 0.6) is 0 Å². The van der Waals surface area contributed by atoms with Crippen molar-refractivity contribution in [2.45, 2.75) is 26.8 Å². The Kier molecular flexibility index (Phi) is 6.06. The highest BCUT2D eigenvalue weighted by atomic mass is 32.2. The molecule has 7 nitrogen and oxygen atoms in total. The first kappa shape index (κ1) is 17.9. The van der Waals surface area contributed by atoms with E-state index in [0.717, 1.165) is 34.7 Å². The molecule has 134 valence electrons. The molecule has 0 saturated heterocycles. The van der Waals surface area contributed by atoms with Gasteiger partial charge in [0.15, 0.2) is 0 Å². The minimum Gasteiger partial charge on any atom is -0.360 e. The molecule has 0 radical (unpaired) electrons. The number of fused-ring (bicyclic) bond motifs is 1. The first-order valence-electron chi connectivity index (χ1n) is 8.27. The van der Waals surface area contributed by atoms with E-state index < -0.39 is 0 Å². The predicted octanol–water partition coefficient (Wildman–Crippen LogP) is 3.19. The Labute approximate surface area is 151 Å². The van der Waals surface area contributed by atoms with Crippen LogP contribution < -0.4 is 0 Å². The van der Waals surface area contributed by atoms with Gasteiger partial charge in [-0.05, 0) is 26.2 Å². The Morgan fingerprint density at radius 2 is 2.20 bits per heavy atom. The molecule has 0 amide bonds. The summed E-state index contributed by atoms with van der Waals surface area (Å²) in [6.45, 7) is 5.80. The smallest absolute Gasteiger partial charge is 0.147 e. The summed E-state index contributed by atoms with van der Waals surface area (Å²) < 4.78 is 15.1. The largest absolute Gasteiger partial charge is 0.360 e. The topological polar surface area (TPSA) is 67.0 Å². The average Bonchev–Trinajstić information content (AvgIpc) is 3.26. The number of aromatic nitrogens is 5. The third kappa shape index (κ3) is 4.02. The van der Waals surface area contributed by atoms with E-state index in [1.165, 1.54) is 0 Å².